The van der Waals surface area contributed by atoms with Crippen molar-refractivity contribution in [1.82, 2.24) is 29.7 Å². The SMILES string of the molecule is CCn1c(-c2nonc2N)nc2c(-c3ccccc3)ncc(C(=O)N3CC[C@@H](O)C3)c21.Cl. The zero-order valence-electron chi connectivity index (χ0n) is 17.3. The minimum absolute atomic E-state index is 0. The van der Waals surface area contributed by atoms with Gasteiger partial charge in [0.15, 0.2) is 17.3 Å². The second kappa shape index (κ2) is 8.56. The van der Waals surface area contributed by atoms with Crippen molar-refractivity contribution in [3.05, 3.63) is 42.1 Å². The summed E-state index contributed by atoms with van der Waals surface area (Å²) in [7, 11) is 0. The third-order valence-corrected chi connectivity index (χ3v) is 5.54. The van der Waals surface area contributed by atoms with Gasteiger partial charge in [0, 0.05) is 31.4 Å². The Labute approximate surface area is 189 Å². The molecule has 0 bridgehead atoms. The molecule has 1 aliphatic rings. The topological polar surface area (TPSA) is 136 Å². The summed E-state index contributed by atoms with van der Waals surface area (Å²) in [5, 5.41) is 17.5. The van der Waals surface area contributed by atoms with E-state index in [1.807, 2.05) is 41.8 Å². The first-order chi connectivity index (χ1) is 15.1. The van der Waals surface area contributed by atoms with Crippen LogP contribution in [0.5, 0.6) is 0 Å². The van der Waals surface area contributed by atoms with Crippen LogP contribution in [0.25, 0.3) is 33.8 Å². The molecule has 0 unspecified atom stereocenters. The van der Waals surface area contributed by atoms with E-state index in [2.05, 4.69) is 15.3 Å². The van der Waals surface area contributed by atoms with E-state index < -0.39 is 6.10 Å². The van der Waals surface area contributed by atoms with Crippen LogP contribution in [0.1, 0.15) is 23.7 Å². The number of nitrogens with two attached hydrogens (primary N) is 1. The fraction of sp³-hybridized carbons (Fsp3) is 0.286. The van der Waals surface area contributed by atoms with Crippen molar-refractivity contribution < 1.29 is 14.5 Å². The molecule has 0 radical (unpaired) electrons. The van der Waals surface area contributed by atoms with E-state index >= 15 is 0 Å². The summed E-state index contributed by atoms with van der Waals surface area (Å²) >= 11 is 0. The number of imidazole rings is 1. The normalized spacial score (nSPS) is 15.8. The van der Waals surface area contributed by atoms with Gasteiger partial charge in [-0.3, -0.25) is 9.78 Å². The van der Waals surface area contributed by atoms with E-state index in [0.717, 1.165) is 5.56 Å². The largest absolute Gasteiger partial charge is 0.391 e. The number of anilines is 1. The average Bonchev–Trinajstić information content (AvgIpc) is 3.51. The average molecular weight is 456 g/mol. The summed E-state index contributed by atoms with van der Waals surface area (Å²) < 4.78 is 6.66. The van der Waals surface area contributed by atoms with Crippen LogP contribution in [0.3, 0.4) is 0 Å². The molecule has 4 heterocycles. The Morgan fingerprint density at radius 1 is 1.25 bits per heavy atom. The fourth-order valence-electron chi connectivity index (χ4n) is 4.04. The van der Waals surface area contributed by atoms with E-state index in [4.69, 9.17) is 15.3 Å². The molecule has 11 heteroatoms. The van der Waals surface area contributed by atoms with E-state index in [-0.39, 0.29) is 24.1 Å². The van der Waals surface area contributed by atoms with Crippen molar-refractivity contribution in [2.75, 3.05) is 18.8 Å². The van der Waals surface area contributed by atoms with Crippen molar-refractivity contribution in [1.29, 1.82) is 0 Å². The number of hydrogen-bond acceptors (Lipinski definition) is 8. The first-order valence-electron chi connectivity index (χ1n) is 10.1. The maximum absolute atomic E-state index is 13.3. The van der Waals surface area contributed by atoms with E-state index in [1.54, 1.807) is 11.1 Å². The van der Waals surface area contributed by atoms with Crippen LogP contribution in [0.15, 0.2) is 41.2 Å². The monoisotopic (exact) mass is 455 g/mol. The Hall–Kier alpha value is -3.50. The number of aliphatic hydroxyl groups is 1. The first kappa shape index (κ1) is 21.7. The Kier molecular flexibility index (Phi) is 5.81. The Morgan fingerprint density at radius 2 is 2.03 bits per heavy atom. The van der Waals surface area contributed by atoms with Crippen molar-refractivity contribution >= 4 is 35.2 Å². The van der Waals surface area contributed by atoms with Gasteiger partial charge in [0.05, 0.1) is 22.9 Å². The highest BCUT2D eigenvalue weighted by molar-refractivity contribution is 6.08. The number of amides is 1. The molecule has 1 saturated heterocycles. The predicted molar refractivity (Wildman–Crippen MR) is 120 cm³/mol. The second-order valence-electron chi connectivity index (χ2n) is 7.46. The molecule has 0 saturated carbocycles. The van der Waals surface area contributed by atoms with Gasteiger partial charge in [-0.15, -0.1) is 12.4 Å². The predicted octanol–water partition coefficient (Wildman–Crippen LogP) is 2.38. The highest BCUT2D eigenvalue weighted by Crippen LogP contribution is 2.34. The zero-order chi connectivity index (χ0) is 21.5. The molecule has 1 aromatic carbocycles. The highest BCUT2D eigenvalue weighted by Gasteiger charge is 2.30. The highest BCUT2D eigenvalue weighted by atomic mass is 35.5. The number of β-amino-alcohol motifs (C(OH)–C–C–N with tert-alkyl or cyclic N) is 1. The van der Waals surface area contributed by atoms with Crippen LogP contribution in [0, 0.1) is 0 Å². The lowest BCUT2D eigenvalue weighted by atomic mass is 10.1. The van der Waals surface area contributed by atoms with Gasteiger partial charge < -0.3 is 20.3 Å². The molecule has 4 aromatic rings. The summed E-state index contributed by atoms with van der Waals surface area (Å²) in [6.45, 7) is 3.26. The molecule has 1 aliphatic heterocycles. The lowest BCUT2D eigenvalue weighted by molar-refractivity contribution is 0.0766. The van der Waals surface area contributed by atoms with Crippen LogP contribution >= 0.6 is 12.4 Å². The van der Waals surface area contributed by atoms with Crippen molar-refractivity contribution in [2.24, 2.45) is 0 Å². The Bertz CT molecular complexity index is 1270. The number of rotatable bonds is 4. The molecule has 3 N–H and O–H groups in total. The maximum atomic E-state index is 13.3. The van der Waals surface area contributed by atoms with Crippen LogP contribution in [-0.4, -0.2) is 60.0 Å². The number of hydrogen-bond donors (Lipinski definition) is 2. The number of carbonyl (C=O) groups is 1. The molecule has 3 aromatic heterocycles. The summed E-state index contributed by atoms with van der Waals surface area (Å²) in [6, 6.07) is 9.65. The number of aryl methyl sites for hydroxylation is 1. The van der Waals surface area contributed by atoms with E-state index in [9.17, 15) is 9.90 Å². The number of pyridine rings is 1. The number of carbonyl (C=O) groups excluding carboxylic acids is 1. The molecule has 1 fully saturated rings. The number of fused-ring (bicyclic) bond motifs is 1. The molecular formula is C21H22ClN7O3. The molecule has 0 spiro atoms. The number of aliphatic hydroxyl groups excluding tert-OH is 1. The fourth-order valence-corrected chi connectivity index (χ4v) is 4.04. The molecule has 32 heavy (non-hydrogen) atoms. The number of nitrogens with zero attached hydrogens (tertiary/aromatic N) is 6. The molecule has 1 atom stereocenters. The van der Waals surface area contributed by atoms with Crippen molar-refractivity contribution in [3.63, 3.8) is 0 Å². The van der Waals surface area contributed by atoms with Crippen LogP contribution in [-0.2, 0) is 6.54 Å². The van der Waals surface area contributed by atoms with Gasteiger partial charge in [0.2, 0.25) is 0 Å². The third-order valence-electron chi connectivity index (χ3n) is 5.54. The molecular weight excluding hydrogens is 434 g/mol. The minimum atomic E-state index is -0.511. The van der Waals surface area contributed by atoms with Crippen LogP contribution < -0.4 is 5.73 Å². The van der Waals surface area contributed by atoms with Gasteiger partial charge in [0.1, 0.15) is 5.52 Å². The Balaban J connectivity index is 0.00000245. The second-order valence-corrected chi connectivity index (χ2v) is 7.46. The molecule has 5 rings (SSSR count). The van der Waals surface area contributed by atoms with Gasteiger partial charge in [-0.1, -0.05) is 30.3 Å². The van der Waals surface area contributed by atoms with Gasteiger partial charge in [0.25, 0.3) is 5.91 Å². The number of aromatic nitrogens is 5. The lowest BCUT2D eigenvalue weighted by Crippen LogP contribution is -2.30. The summed E-state index contributed by atoms with van der Waals surface area (Å²) in [5.74, 6) is 0.382. The molecule has 10 nitrogen and oxygen atoms in total. The van der Waals surface area contributed by atoms with Crippen molar-refractivity contribution in [2.45, 2.75) is 26.0 Å². The van der Waals surface area contributed by atoms with Gasteiger partial charge in [-0.05, 0) is 23.7 Å². The van der Waals surface area contributed by atoms with Gasteiger partial charge >= 0.3 is 0 Å². The zero-order valence-corrected chi connectivity index (χ0v) is 18.1. The van der Waals surface area contributed by atoms with E-state index in [0.29, 0.717) is 59.9 Å². The minimum Gasteiger partial charge on any atom is -0.391 e. The number of nitrogen functional groups attached to an aromatic ring is 1. The van der Waals surface area contributed by atoms with Crippen LogP contribution in [0.4, 0.5) is 5.82 Å². The first-order valence-corrected chi connectivity index (χ1v) is 10.1. The number of halogens is 1. The molecule has 1 amide bonds. The third kappa shape index (κ3) is 3.47. The van der Waals surface area contributed by atoms with Crippen molar-refractivity contribution in [3.8, 4) is 22.8 Å². The summed E-state index contributed by atoms with van der Waals surface area (Å²) in [6.07, 6.45) is 1.63. The number of likely N-dealkylation sites (tertiary alicyclic amines) is 1. The summed E-state index contributed by atoms with van der Waals surface area (Å²) in [4.78, 5) is 24.4. The Morgan fingerprint density at radius 3 is 2.66 bits per heavy atom. The standard InChI is InChI=1S/C21H21N7O3.ClH/c1-2-28-18-14(21(30)27-9-8-13(29)11-27)10-23-15(12-6-4-3-5-7-12)16(18)24-20(28)17-19(22)26-31-25-17;/h3-7,10,13,29H,2,8-9,11H2,1H3,(H2,22,26);1H/t13-;/m1./s1. The quantitative estimate of drug-likeness (QED) is 0.478. The van der Waals surface area contributed by atoms with E-state index in [1.165, 1.54) is 0 Å². The van der Waals surface area contributed by atoms with Gasteiger partial charge in [-0.25, -0.2) is 9.61 Å². The maximum Gasteiger partial charge on any atom is 0.257 e. The number of benzene rings is 1. The molecule has 0 aliphatic carbocycles. The van der Waals surface area contributed by atoms with Crippen LogP contribution in [0.2, 0.25) is 0 Å². The lowest BCUT2D eigenvalue weighted by Gasteiger charge is -2.17. The molecule has 166 valence electrons. The van der Waals surface area contributed by atoms with Gasteiger partial charge in [-0.2, -0.15) is 0 Å². The summed E-state index contributed by atoms with van der Waals surface area (Å²) in [5.41, 5.74) is 9.40. The smallest absolute Gasteiger partial charge is 0.257 e.